The summed E-state index contributed by atoms with van der Waals surface area (Å²) in [6.07, 6.45) is 2.75. The molecule has 1 heterocycles. The van der Waals surface area contributed by atoms with E-state index >= 15 is 0 Å². The highest BCUT2D eigenvalue weighted by molar-refractivity contribution is 6.35. The number of carbonyl (C=O) groups excluding carboxylic acids is 1. The number of hydrogen-bond acceptors (Lipinski definition) is 3. The minimum atomic E-state index is -0.415. The van der Waals surface area contributed by atoms with Crippen LogP contribution in [-0.2, 0) is 4.79 Å². The van der Waals surface area contributed by atoms with Gasteiger partial charge in [0.2, 0.25) is 5.91 Å². The van der Waals surface area contributed by atoms with Crippen LogP contribution in [0.4, 0.5) is 0 Å². The van der Waals surface area contributed by atoms with E-state index < -0.39 is 5.41 Å². The normalized spacial score (nSPS) is 20.9. The molecule has 1 amide bonds. The SMILES string of the molecule is CC1(C#N)CCCN(C(=O)CCCOc2ccc(Cl)cc2Cl)C1. The number of halogens is 2. The van der Waals surface area contributed by atoms with Crippen LogP contribution in [0.1, 0.15) is 32.6 Å². The molecule has 0 saturated carbocycles. The first-order valence-electron chi connectivity index (χ1n) is 7.70. The van der Waals surface area contributed by atoms with Crippen molar-refractivity contribution in [1.82, 2.24) is 4.90 Å². The number of likely N-dealkylation sites (tertiary alicyclic amines) is 1. The highest BCUT2D eigenvalue weighted by Gasteiger charge is 2.32. The van der Waals surface area contributed by atoms with Crippen molar-refractivity contribution in [1.29, 1.82) is 5.26 Å². The largest absolute Gasteiger partial charge is 0.492 e. The Morgan fingerprint density at radius 1 is 1.48 bits per heavy atom. The van der Waals surface area contributed by atoms with E-state index in [1.807, 2.05) is 6.92 Å². The van der Waals surface area contributed by atoms with Crippen LogP contribution in [0, 0.1) is 16.7 Å². The van der Waals surface area contributed by atoms with Crippen molar-refractivity contribution in [3.8, 4) is 11.8 Å². The van der Waals surface area contributed by atoms with E-state index in [1.54, 1.807) is 23.1 Å². The van der Waals surface area contributed by atoms with E-state index in [-0.39, 0.29) is 5.91 Å². The molecule has 1 unspecified atom stereocenters. The Kier molecular flexibility index (Phi) is 6.15. The van der Waals surface area contributed by atoms with Gasteiger partial charge in [-0.3, -0.25) is 4.79 Å². The second-order valence-electron chi connectivity index (χ2n) is 6.12. The van der Waals surface area contributed by atoms with Gasteiger partial charge in [-0.1, -0.05) is 23.2 Å². The number of rotatable bonds is 5. The number of piperidine rings is 1. The van der Waals surface area contributed by atoms with E-state index in [0.717, 1.165) is 19.4 Å². The van der Waals surface area contributed by atoms with Gasteiger partial charge < -0.3 is 9.64 Å². The molecule has 1 fully saturated rings. The number of nitrogens with zero attached hydrogens (tertiary/aromatic N) is 2. The van der Waals surface area contributed by atoms with Gasteiger partial charge in [-0.2, -0.15) is 5.26 Å². The fourth-order valence-corrected chi connectivity index (χ4v) is 3.16. The van der Waals surface area contributed by atoms with E-state index in [2.05, 4.69) is 6.07 Å². The Morgan fingerprint density at radius 3 is 2.96 bits per heavy atom. The summed E-state index contributed by atoms with van der Waals surface area (Å²) >= 11 is 11.9. The Labute approximate surface area is 146 Å². The van der Waals surface area contributed by atoms with Crippen molar-refractivity contribution >= 4 is 29.1 Å². The summed E-state index contributed by atoms with van der Waals surface area (Å²) in [5, 5.41) is 10.2. The Hall–Kier alpha value is -1.44. The quantitative estimate of drug-likeness (QED) is 0.740. The number of carbonyl (C=O) groups is 1. The molecule has 0 aromatic heterocycles. The molecular formula is C17H20Cl2N2O2. The van der Waals surface area contributed by atoms with Crippen molar-refractivity contribution in [2.75, 3.05) is 19.7 Å². The van der Waals surface area contributed by atoms with Gasteiger partial charge in [-0.05, 0) is 44.4 Å². The molecule has 1 aliphatic rings. The Balaban J connectivity index is 1.76. The van der Waals surface area contributed by atoms with Crippen LogP contribution in [0.2, 0.25) is 10.0 Å². The lowest BCUT2D eigenvalue weighted by molar-refractivity contribution is -0.133. The highest BCUT2D eigenvalue weighted by atomic mass is 35.5. The second-order valence-corrected chi connectivity index (χ2v) is 6.96. The van der Waals surface area contributed by atoms with Gasteiger partial charge >= 0.3 is 0 Å². The van der Waals surface area contributed by atoms with Gasteiger partial charge in [-0.25, -0.2) is 0 Å². The van der Waals surface area contributed by atoms with Crippen LogP contribution < -0.4 is 4.74 Å². The van der Waals surface area contributed by atoms with Gasteiger partial charge in [0, 0.05) is 24.5 Å². The van der Waals surface area contributed by atoms with Crippen molar-refractivity contribution < 1.29 is 9.53 Å². The number of nitriles is 1. The fourth-order valence-electron chi connectivity index (χ4n) is 2.70. The van der Waals surface area contributed by atoms with Crippen molar-refractivity contribution in [2.45, 2.75) is 32.6 Å². The Morgan fingerprint density at radius 2 is 2.26 bits per heavy atom. The molecule has 6 heteroatoms. The summed E-state index contributed by atoms with van der Waals surface area (Å²) in [6.45, 7) is 3.58. The van der Waals surface area contributed by atoms with Crippen molar-refractivity contribution in [3.05, 3.63) is 28.2 Å². The maximum Gasteiger partial charge on any atom is 0.222 e. The first kappa shape index (κ1) is 17.9. The van der Waals surface area contributed by atoms with Gasteiger partial charge in [0.15, 0.2) is 0 Å². The van der Waals surface area contributed by atoms with Crippen LogP contribution in [0.25, 0.3) is 0 Å². The topological polar surface area (TPSA) is 53.3 Å². The lowest BCUT2D eigenvalue weighted by atomic mass is 9.83. The lowest BCUT2D eigenvalue weighted by Gasteiger charge is -2.36. The molecule has 124 valence electrons. The maximum atomic E-state index is 12.2. The van der Waals surface area contributed by atoms with Gasteiger partial charge in [0.05, 0.1) is 23.1 Å². The number of amides is 1. The van der Waals surface area contributed by atoms with Gasteiger partial charge in [0.1, 0.15) is 5.75 Å². The molecule has 1 aromatic carbocycles. The molecule has 1 atom stereocenters. The number of hydrogen-bond donors (Lipinski definition) is 0. The van der Waals surface area contributed by atoms with E-state index in [4.69, 9.17) is 27.9 Å². The average molecular weight is 355 g/mol. The molecule has 4 nitrogen and oxygen atoms in total. The zero-order valence-corrected chi connectivity index (χ0v) is 14.7. The monoisotopic (exact) mass is 354 g/mol. The van der Waals surface area contributed by atoms with Crippen LogP contribution >= 0.6 is 23.2 Å². The molecule has 0 aliphatic carbocycles. The summed E-state index contributed by atoms with van der Waals surface area (Å²) in [5.41, 5.74) is -0.415. The zero-order valence-electron chi connectivity index (χ0n) is 13.1. The van der Waals surface area contributed by atoms with E-state index in [9.17, 15) is 10.1 Å². The molecule has 1 saturated heterocycles. The molecule has 2 rings (SSSR count). The third-order valence-electron chi connectivity index (χ3n) is 4.01. The van der Waals surface area contributed by atoms with Crippen LogP contribution in [0.15, 0.2) is 18.2 Å². The fraction of sp³-hybridized carbons (Fsp3) is 0.529. The summed E-state index contributed by atoms with van der Waals surface area (Å²) in [5.74, 6) is 0.649. The average Bonchev–Trinajstić information content (AvgIpc) is 2.53. The van der Waals surface area contributed by atoms with Crippen molar-refractivity contribution in [2.24, 2.45) is 5.41 Å². The summed E-state index contributed by atoms with van der Waals surface area (Å²) in [6, 6.07) is 7.38. The predicted octanol–water partition coefficient (Wildman–Crippen LogP) is 4.30. The number of ether oxygens (including phenoxy) is 1. The third kappa shape index (κ3) is 5.02. The first-order chi connectivity index (χ1) is 10.9. The minimum Gasteiger partial charge on any atom is -0.492 e. The lowest BCUT2D eigenvalue weighted by Crippen LogP contribution is -2.44. The standard InChI is InChI=1S/C17H20Cl2N2O2/c1-17(11-20)7-3-8-21(12-17)16(22)4-2-9-23-15-6-5-13(18)10-14(15)19/h5-6,10H,2-4,7-9,12H2,1H3. The van der Waals surface area contributed by atoms with Gasteiger partial charge in [0.25, 0.3) is 0 Å². The molecule has 1 aliphatic heterocycles. The molecule has 0 radical (unpaired) electrons. The van der Waals surface area contributed by atoms with Crippen LogP contribution in [0.3, 0.4) is 0 Å². The first-order valence-corrected chi connectivity index (χ1v) is 8.46. The maximum absolute atomic E-state index is 12.2. The molecule has 0 N–H and O–H groups in total. The van der Waals surface area contributed by atoms with Crippen LogP contribution in [0.5, 0.6) is 5.75 Å². The molecule has 0 spiro atoms. The highest BCUT2D eigenvalue weighted by Crippen LogP contribution is 2.29. The van der Waals surface area contributed by atoms with Crippen molar-refractivity contribution in [3.63, 3.8) is 0 Å². The Bertz CT molecular complexity index is 615. The van der Waals surface area contributed by atoms with Gasteiger partial charge in [-0.15, -0.1) is 0 Å². The summed E-state index contributed by atoms with van der Waals surface area (Å²) < 4.78 is 5.58. The van der Waals surface area contributed by atoms with E-state index in [1.165, 1.54) is 0 Å². The summed E-state index contributed by atoms with van der Waals surface area (Å²) in [4.78, 5) is 14.0. The molecule has 0 bridgehead atoms. The molecule has 23 heavy (non-hydrogen) atoms. The molecule has 1 aromatic rings. The second kappa shape index (κ2) is 7.90. The smallest absolute Gasteiger partial charge is 0.222 e. The predicted molar refractivity (Wildman–Crippen MR) is 90.7 cm³/mol. The number of benzene rings is 1. The van der Waals surface area contributed by atoms with E-state index in [0.29, 0.717) is 41.8 Å². The minimum absolute atomic E-state index is 0.0805. The summed E-state index contributed by atoms with van der Waals surface area (Å²) in [7, 11) is 0. The zero-order chi connectivity index (χ0) is 16.9. The third-order valence-corrected chi connectivity index (χ3v) is 4.54. The molecular weight excluding hydrogens is 335 g/mol. The van der Waals surface area contributed by atoms with Crippen LogP contribution in [-0.4, -0.2) is 30.5 Å².